The van der Waals surface area contributed by atoms with Crippen LogP contribution in [0.1, 0.15) is 12.5 Å². The third-order valence-corrected chi connectivity index (χ3v) is 5.88. The van der Waals surface area contributed by atoms with Gasteiger partial charge in [-0.3, -0.25) is 9.69 Å². The van der Waals surface area contributed by atoms with Gasteiger partial charge in [-0.2, -0.15) is 0 Å². The molecule has 0 unspecified atom stereocenters. The molecule has 1 heterocycles. The van der Waals surface area contributed by atoms with Crippen LogP contribution in [0.25, 0.3) is 6.08 Å². The Hall–Kier alpha value is -1.15. The van der Waals surface area contributed by atoms with Crippen LogP contribution in [0.15, 0.2) is 56.3 Å². The molecule has 2 aromatic rings. The average Bonchev–Trinajstić information content (AvgIpc) is 2.85. The van der Waals surface area contributed by atoms with Crippen molar-refractivity contribution in [3.8, 4) is 5.75 Å². The minimum absolute atomic E-state index is 0.109. The molecule has 3 rings (SSSR count). The SMILES string of the molecule is CCOc1ccc(/C=C2\SC(=S)N(c3ccc(Br)cc3)C2=O)cc1Br. The number of carbonyl (C=O) groups excluding carboxylic acids is 1. The summed E-state index contributed by atoms with van der Waals surface area (Å²) in [5.74, 6) is 0.671. The number of hydrogen-bond acceptors (Lipinski definition) is 4. The second-order valence-electron chi connectivity index (χ2n) is 5.12. The van der Waals surface area contributed by atoms with Gasteiger partial charge >= 0.3 is 0 Å². The highest BCUT2D eigenvalue weighted by atomic mass is 79.9. The normalized spacial score (nSPS) is 16.0. The number of anilines is 1. The van der Waals surface area contributed by atoms with Gasteiger partial charge < -0.3 is 4.74 Å². The molecule has 3 nitrogen and oxygen atoms in total. The summed E-state index contributed by atoms with van der Waals surface area (Å²) in [7, 11) is 0. The van der Waals surface area contributed by atoms with E-state index in [0.29, 0.717) is 15.8 Å². The first-order valence-electron chi connectivity index (χ1n) is 7.45. The number of halogens is 2. The van der Waals surface area contributed by atoms with E-state index in [2.05, 4.69) is 31.9 Å². The number of carbonyl (C=O) groups is 1. The van der Waals surface area contributed by atoms with E-state index >= 15 is 0 Å². The van der Waals surface area contributed by atoms with Crippen LogP contribution in [-0.2, 0) is 4.79 Å². The molecular weight excluding hydrogens is 486 g/mol. The smallest absolute Gasteiger partial charge is 0.270 e. The first-order valence-corrected chi connectivity index (χ1v) is 10.3. The third-order valence-electron chi connectivity index (χ3n) is 3.43. The predicted molar refractivity (Wildman–Crippen MR) is 115 cm³/mol. The molecule has 0 atom stereocenters. The van der Waals surface area contributed by atoms with Crippen LogP contribution < -0.4 is 9.64 Å². The van der Waals surface area contributed by atoms with Gasteiger partial charge in [0.2, 0.25) is 0 Å². The van der Waals surface area contributed by atoms with E-state index in [0.717, 1.165) is 25.9 Å². The molecule has 0 radical (unpaired) electrons. The number of nitrogens with zero attached hydrogens (tertiary/aromatic N) is 1. The van der Waals surface area contributed by atoms with E-state index in [-0.39, 0.29) is 5.91 Å². The maximum atomic E-state index is 12.8. The van der Waals surface area contributed by atoms with Crippen LogP contribution in [0.4, 0.5) is 5.69 Å². The Balaban J connectivity index is 1.87. The van der Waals surface area contributed by atoms with Crippen LogP contribution in [0.5, 0.6) is 5.75 Å². The number of ether oxygens (including phenoxy) is 1. The van der Waals surface area contributed by atoms with Gasteiger partial charge in [0, 0.05) is 4.47 Å². The van der Waals surface area contributed by atoms with Crippen molar-refractivity contribution in [3.63, 3.8) is 0 Å². The molecule has 0 saturated carbocycles. The average molecular weight is 499 g/mol. The standard InChI is InChI=1S/C18H13Br2NO2S2/c1-2-23-15-8-3-11(9-14(15)20)10-16-17(22)21(18(24)25-16)13-6-4-12(19)5-7-13/h3-10H,2H2,1H3/b16-10-. The molecule has 1 aliphatic rings. The number of thioether (sulfide) groups is 1. The molecule has 0 aliphatic carbocycles. The first-order chi connectivity index (χ1) is 12.0. The van der Waals surface area contributed by atoms with Crippen LogP contribution in [0, 0.1) is 0 Å². The zero-order valence-electron chi connectivity index (χ0n) is 13.2. The molecule has 25 heavy (non-hydrogen) atoms. The molecule has 1 fully saturated rings. The van der Waals surface area contributed by atoms with Crippen molar-refractivity contribution >= 4 is 77.8 Å². The van der Waals surface area contributed by atoms with Crippen LogP contribution in [0.2, 0.25) is 0 Å². The number of benzene rings is 2. The summed E-state index contributed by atoms with van der Waals surface area (Å²) in [6.45, 7) is 2.54. The molecule has 0 aromatic heterocycles. The lowest BCUT2D eigenvalue weighted by atomic mass is 10.2. The highest BCUT2D eigenvalue weighted by molar-refractivity contribution is 9.10. The topological polar surface area (TPSA) is 29.5 Å². The molecule has 1 saturated heterocycles. The Morgan fingerprint density at radius 3 is 2.56 bits per heavy atom. The fraction of sp³-hybridized carbons (Fsp3) is 0.111. The van der Waals surface area contributed by atoms with Crippen molar-refractivity contribution in [2.75, 3.05) is 11.5 Å². The summed E-state index contributed by atoms with van der Waals surface area (Å²) >= 11 is 13.6. The largest absolute Gasteiger partial charge is 0.493 e. The van der Waals surface area contributed by atoms with Crippen LogP contribution >= 0.6 is 55.8 Å². The molecule has 1 amide bonds. The summed E-state index contributed by atoms with van der Waals surface area (Å²) in [4.78, 5) is 14.9. The summed E-state index contributed by atoms with van der Waals surface area (Å²) in [5, 5.41) is 0. The Kier molecular flexibility index (Phi) is 5.99. The molecular formula is C18H13Br2NO2S2. The predicted octanol–water partition coefficient (Wildman–Crippen LogP) is 6.02. The third kappa shape index (κ3) is 4.16. The maximum Gasteiger partial charge on any atom is 0.270 e. The van der Waals surface area contributed by atoms with Crippen molar-refractivity contribution in [2.24, 2.45) is 0 Å². The lowest BCUT2D eigenvalue weighted by Gasteiger charge is -2.14. The lowest BCUT2D eigenvalue weighted by Crippen LogP contribution is -2.27. The van der Waals surface area contributed by atoms with Crippen molar-refractivity contribution < 1.29 is 9.53 Å². The van der Waals surface area contributed by atoms with Gasteiger partial charge in [-0.15, -0.1) is 0 Å². The van der Waals surface area contributed by atoms with Gasteiger partial charge in [-0.25, -0.2) is 0 Å². The van der Waals surface area contributed by atoms with Crippen molar-refractivity contribution in [3.05, 3.63) is 61.9 Å². The zero-order chi connectivity index (χ0) is 18.0. The molecule has 1 aliphatic heterocycles. The van der Waals surface area contributed by atoms with E-state index in [4.69, 9.17) is 17.0 Å². The van der Waals surface area contributed by atoms with Gasteiger partial charge in [0.25, 0.3) is 5.91 Å². The molecule has 0 spiro atoms. The molecule has 128 valence electrons. The van der Waals surface area contributed by atoms with E-state index in [9.17, 15) is 4.79 Å². The van der Waals surface area contributed by atoms with Gasteiger partial charge in [0.1, 0.15) is 5.75 Å². The van der Waals surface area contributed by atoms with Crippen molar-refractivity contribution in [2.45, 2.75) is 6.92 Å². The summed E-state index contributed by atoms with van der Waals surface area (Å²) in [6, 6.07) is 13.2. The summed E-state index contributed by atoms with van der Waals surface area (Å²) < 4.78 is 7.85. The molecule has 2 aromatic carbocycles. The Morgan fingerprint density at radius 2 is 1.92 bits per heavy atom. The highest BCUT2D eigenvalue weighted by Gasteiger charge is 2.33. The minimum atomic E-state index is -0.109. The minimum Gasteiger partial charge on any atom is -0.493 e. The van der Waals surface area contributed by atoms with Gasteiger partial charge in [-0.05, 0) is 70.9 Å². The molecule has 0 N–H and O–H groups in total. The second kappa shape index (κ2) is 8.03. The highest BCUT2D eigenvalue weighted by Crippen LogP contribution is 2.37. The van der Waals surface area contributed by atoms with Crippen molar-refractivity contribution in [1.82, 2.24) is 0 Å². The Morgan fingerprint density at radius 1 is 1.20 bits per heavy atom. The fourth-order valence-electron chi connectivity index (χ4n) is 2.31. The number of amides is 1. The van der Waals surface area contributed by atoms with Gasteiger partial charge in [0.05, 0.1) is 21.7 Å². The lowest BCUT2D eigenvalue weighted by molar-refractivity contribution is -0.113. The second-order valence-corrected chi connectivity index (χ2v) is 8.56. The fourth-order valence-corrected chi connectivity index (χ4v) is 4.39. The van der Waals surface area contributed by atoms with E-state index in [1.807, 2.05) is 55.5 Å². The van der Waals surface area contributed by atoms with Crippen molar-refractivity contribution in [1.29, 1.82) is 0 Å². The maximum absolute atomic E-state index is 12.8. The van der Waals surface area contributed by atoms with Crippen LogP contribution in [0.3, 0.4) is 0 Å². The summed E-state index contributed by atoms with van der Waals surface area (Å²) in [5.41, 5.74) is 1.67. The Labute approximate surface area is 172 Å². The molecule has 7 heteroatoms. The van der Waals surface area contributed by atoms with Gasteiger partial charge in [0.15, 0.2) is 4.32 Å². The van der Waals surface area contributed by atoms with E-state index < -0.39 is 0 Å². The quantitative estimate of drug-likeness (QED) is 0.381. The summed E-state index contributed by atoms with van der Waals surface area (Å²) in [6.07, 6.45) is 1.85. The Bertz CT molecular complexity index is 866. The van der Waals surface area contributed by atoms with E-state index in [1.54, 1.807) is 4.90 Å². The zero-order valence-corrected chi connectivity index (χ0v) is 18.0. The number of hydrogen-bond donors (Lipinski definition) is 0. The van der Waals surface area contributed by atoms with Gasteiger partial charge in [-0.1, -0.05) is 46.0 Å². The van der Waals surface area contributed by atoms with E-state index in [1.165, 1.54) is 11.8 Å². The van der Waals surface area contributed by atoms with Crippen LogP contribution in [-0.4, -0.2) is 16.8 Å². The molecule has 0 bridgehead atoms. The number of thiocarbonyl (C=S) groups is 1. The number of rotatable bonds is 4. The monoisotopic (exact) mass is 497 g/mol. The first kappa shape index (κ1) is 18.6.